The largest absolute Gasteiger partial charge is 0.433 e. The van der Waals surface area contributed by atoms with Crippen molar-refractivity contribution in [2.45, 2.75) is 32.9 Å². The summed E-state index contributed by atoms with van der Waals surface area (Å²) in [5, 5.41) is 0. The zero-order chi connectivity index (χ0) is 14.9. The zero-order valence-electron chi connectivity index (χ0n) is 11.4. The first-order valence-electron chi connectivity index (χ1n) is 6.15. The molecular formula is C14H14F3N3. The highest BCUT2D eigenvalue weighted by molar-refractivity contribution is 5.59. The Morgan fingerprint density at radius 2 is 1.75 bits per heavy atom. The van der Waals surface area contributed by atoms with Gasteiger partial charge >= 0.3 is 6.18 Å². The van der Waals surface area contributed by atoms with Gasteiger partial charge in [-0.15, -0.1) is 0 Å². The van der Waals surface area contributed by atoms with Gasteiger partial charge in [-0.2, -0.15) is 13.2 Å². The van der Waals surface area contributed by atoms with E-state index in [0.29, 0.717) is 17.0 Å². The van der Waals surface area contributed by atoms with Crippen LogP contribution in [0.5, 0.6) is 0 Å². The van der Waals surface area contributed by atoms with Crippen molar-refractivity contribution in [2.75, 3.05) is 0 Å². The fourth-order valence-corrected chi connectivity index (χ4v) is 1.76. The van der Waals surface area contributed by atoms with E-state index in [-0.39, 0.29) is 5.92 Å². The Kier molecular flexibility index (Phi) is 3.74. The summed E-state index contributed by atoms with van der Waals surface area (Å²) in [6.45, 7) is 5.43. The third-order valence-electron chi connectivity index (χ3n) is 2.78. The van der Waals surface area contributed by atoms with Gasteiger partial charge in [-0.05, 0) is 25.0 Å². The lowest BCUT2D eigenvalue weighted by Crippen LogP contribution is -2.09. The molecule has 20 heavy (non-hydrogen) atoms. The number of halogens is 3. The van der Waals surface area contributed by atoms with Crippen LogP contribution in [-0.4, -0.2) is 15.0 Å². The van der Waals surface area contributed by atoms with E-state index in [0.717, 1.165) is 11.8 Å². The van der Waals surface area contributed by atoms with E-state index in [1.54, 1.807) is 12.3 Å². The van der Waals surface area contributed by atoms with Crippen LogP contribution < -0.4 is 0 Å². The number of hydrogen-bond donors (Lipinski definition) is 0. The molecule has 0 saturated heterocycles. The van der Waals surface area contributed by atoms with Crippen molar-refractivity contribution in [3.63, 3.8) is 0 Å². The third kappa shape index (κ3) is 3.12. The van der Waals surface area contributed by atoms with E-state index in [1.165, 1.54) is 13.1 Å². The van der Waals surface area contributed by atoms with Gasteiger partial charge in [0, 0.05) is 17.5 Å². The second kappa shape index (κ2) is 5.19. The number of rotatable bonds is 2. The summed E-state index contributed by atoms with van der Waals surface area (Å²) in [7, 11) is 0. The third-order valence-corrected chi connectivity index (χ3v) is 2.78. The monoisotopic (exact) mass is 281 g/mol. The van der Waals surface area contributed by atoms with Crippen molar-refractivity contribution >= 4 is 0 Å². The van der Waals surface area contributed by atoms with Gasteiger partial charge in [0.25, 0.3) is 0 Å². The minimum atomic E-state index is -4.47. The average Bonchev–Trinajstić information content (AvgIpc) is 2.37. The van der Waals surface area contributed by atoms with Crippen LogP contribution in [-0.2, 0) is 6.18 Å². The van der Waals surface area contributed by atoms with Gasteiger partial charge in [-0.3, -0.25) is 4.98 Å². The number of aryl methyl sites for hydroxylation is 1. The zero-order valence-corrected chi connectivity index (χ0v) is 11.4. The van der Waals surface area contributed by atoms with Crippen LogP contribution in [0.4, 0.5) is 13.2 Å². The minimum Gasteiger partial charge on any atom is -0.261 e. The number of nitrogens with zero attached hydrogens (tertiary/aromatic N) is 3. The first-order chi connectivity index (χ1) is 9.27. The van der Waals surface area contributed by atoms with Gasteiger partial charge in [0.2, 0.25) is 0 Å². The highest BCUT2D eigenvalue weighted by atomic mass is 19.4. The van der Waals surface area contributed by atoms with E-state index in [4.69, 9.17) is 0 Å². The molecule has 0 unspecified atom stereocenters. The van der Waals surface area contributed by atoms with Crippen molar-refractivity contribution in [1.82, 2.24) is 15.0 Å². The molecule has 0 aliphatic rings. The van der Waals surface area contributed by atoms with Crippen LogP contribution in [0.25, 0.3) is 11.3 Å². The predicted molar refractivity (Wildman–Crippen MR) is 69.1 cm³/mol. The predicted octanol–water partition coefficient (Wildman–Crippen LogP) is 3.99. The Bertz CT molecular complexity index is 621. The standard InChI is InChI=1S/C14H14F3N3/c1-8(2)11-6-18-7-12(20-11)10-4-9(3)19-13(5-10)14(15,16)17/h4-8H,1-3H3. The average molecular weight is 281 g/mol. The summed E-state index contributed by atoms with van der Waals surface area (Å²) < 4.78 is 38.3. The molecular weight excluding hydrogens is 267 g/mol. The Balaban J connectivity index is 2.53. The van der Waals surface area contributed by atoms with Crippen molar-refractivity contribution < 1.29 is 13.2 Å². The maximum absolute atomic E-state index is 12.8. The first kappa shape index (κ1) is 14.4. The smallest absolute Gasteiger partial charge is 0.261 e. The van der Waals surface area contributed by atoms with Crippen molar-refractivity contribution in [3.8, 4) is 11.3 Å². The summed E-state index contributed by atoms with van der Waals surface area (Å²) in [5.41, 5.74) is 0.924. The molecule has 0 saturated carbocycles. The topological polar surface area (TPSA) is 38.7 Å². The lowest BCUT2D eigenvalue weighted by molar-refractivity contribution is -0.141. The van der Waals surface area contributed by atoms with E-state index >= 15 is 0 Å². The Morgan fingerprint density at radius 3 is 2.35 bits per heavy atom. The van der Waals surface area contributed by atoms with Crippen LogP contribution in [0.2, 0.25) is 0 Å². The van der Waals surface area contributed by atoms with Crippen LogP contribution in [0, 0.1) is 6.92 Å². The van der Waals surface area contributed by atoms with E-state index in [9.17, 15) is 13.2 Å². The maximum Gasteiger partial charge on any atom is 0.433 e. The molecule has 0 spiro atoms. The molecule has 2 heterocycles. The quantitative estimate of drug-likeness (QED) is 0.835. The molecule has 2 aromatic rings. The summed E-state index contributed by atoms with van der Waals surface area (Å²) in [4.78, 5) is 11.9. The van der Waals surface area contributed by atoms with E-state index < -0.39 is 11.9 Å². The van der Waals surface area contributed by atoms with Crippen molar-refractivity contribution in [3.05, 3.63) is 41.6 Å². The molecule has 0 radical (unpaired) electrons. The number of alkyl halides is 3. The molecule has 0 amide bonds. The number of pyridine rings is 1. The molecule has 0 aromatic carbocycles. The summed E-state index contributed by atoms with van der Waals surface area (Å²) >= 11 is 0. The summed E-state index contributed by atoms with van der Waals surface area (Å²) in [5.74, 6) is 0.160. The number of hydrogen-bond acceptors (Lipinski definition) is 3. The van der Waals surface area contributed by atoms with Crippen LogP contribution in [0.15, 0.2) is 24.5 Å². The molecule has 0 N–H and O–H groups in total. The van der Waals surface area contributed by atoms with E-state index in [2.05, 4.69) is 15.0 Å². The van der Waals surface area contributed by atoms with Crippen molar-refractivity contribution in [2.24, 2.45) is 0 Å². The molecule has 0 aliphatic heterocycles. The van der Waals surface area contributed by atoms with Gasteiger partial charge < -0.3 is 0 Å². The molecule has 0 aliphatic carbocycles. The summed E-state index contributed by atoms with van der Waals surface area (Å²) in [6, 6.07) is 2.57. The lowest BCUT2D eigenvalue weighted by Gasteiger charge is -2.10. The van der Waals surface area contributed by atoms with Crippen molar-refractivity contribution in [1.29, 1.82) is 0 Å². The van der Waals surface area contributed by atoms with Gasteiger partial charge in [0.15, 0.2) is 0 Å². The second-order valence-corrected chi connectivity index (χ2v) is 4.86. The molecule has 2 rings (SSSR count). The van der Waals surface area contributed by atoms with Crippen LogP contribution in [0.1, 0.15) is 36.8 Å². The van der Waals surface area contributed by atoms with Gasteiger partial charge in [-0.25, -0.2) is 9.97 Å². The maximum atomic E-state index is 12.8. The highest BCUT2D eigenvalue weighted by Crippen LogP contribution is 2.31. The Hall–Kier alpha value is -1.98. The lowest BCUT2D eigenvalue weighted by atomic mass is 10.1. The minimum absolute atomic E-state index is 0.160. The van der Waals surface area contributed by atoms with E-state index in [1.807, 2.05) is 13.8 Å². The molecule has 106 valence electrons. The Morgan fingerprint density at radius 1 is 1.05 bits per heavy atom. The number of aromatic nitrogens is 3. The molecule has 0 bridgehead atoms. The van der Waals surface area contributed by atoms with Crippen LogP contribution >= 0.6 is 0 Å². The molecule has 2 aromatic heterocycles. The van der Waals surface area contributed by atoms with Crippen LogP contribution in [0.3, 0.4) is 0 Å². The summed E-state index contributed by atoms with van der Waals surface area (Å²) in [6.07, 6.45) is -1.39. The highest BCUT2D eigenvalue weighted by Gasteiger charge is 2.33. The molecule has 6 heteroatoms. The molecule has 0 atom stereocenters. The fraction of sp³-hybridized carbons (Fsp3) is 0.357. The SMILES string of the molecule is Cc1cc(-c2cncc(C(C)C)n2)cc(C(F)(F)F)n1. The Labute approximate surface area is 114 Å². The molecule has 3 nitrogen and oxygen atoms in total. The van der Waals surface area contributed by atoms with Gasteiger partial charge in [0.05, 0.1) is 17.6 Å². The van der Waals surface area contributed by atoms with Gasteiger partial charge in [-0.1, -0.05) is 13.8 Å². The first-order valence-corrected chi connectivity index (χ1v) is 6.15. The fourth-order valence-electron chi connectivity index (χ4n) is 1.76. The molecule has 0 fully saturated rings. The normalized spacial score (nSPS) is 11.9. The van der Waals surface area contributed by atoms with Gasteiger partial charge in [0.1, 0.15) is 5.69 Å². The second-order valence-electron chi connectivity index (χ2n) is 4.86.